The molecule has 2 aromatic carbocycles. The molecule has 1 N–H and O–H groups in total. The number of rotatable bonds is 7. The second kappa shape index (κ2) is 9.44. The summed E-state index contributed by atoms with van der Waals surface area (Å²) < 4.78 is 5.42. The number of hydrogen-bond donors (Lipinski definition) is 1. The zero-order valence-corrected chi connectivity index (χ0v) is 20.5. The van der Waals surface area contributed by atoms with Crippen LogP contribution in [0.4, 0.5) is 5.69 Å². The number of benzene rings is 2. The molecule has 3 heterocycles. The summed E-state index contributed by atoms with van der Waals surface area (Å²) in [7, 11) is 2.09. The van der Waals surface area contributed by atoms with Gasteiger partial charge in [-0.05, 0) is 57.9 Å². The van der Waals surface area contributed by atoms with Crippen LogP contribution in [0.25, 0.3) is 17.2 Å². The average molecular weight is 485 g/mol. The Morgan fingerprint density at radius 1 is 1.09 bits per heavy atom. The van der Waals surface area contributed by atoms with Gasteiger partial charge in [-0.25, -0.2) is 4.79 Å². The molecule has 0 saturated heterocycles. The van der Waals surface area contributed by atoms with E-state index in [9.17, 15) is 9.90 Å². The molecule has 1 atom stereocenters. The standard InChI is InChI=1S/C28H25N3O3S/c1-3-4-11-26-29-28(25-10-7-16-35-25)30-31(26,2)21-14-12-19(13-15-21)22-9-6-5-8-20(22)17-24-23(32)18-27(33)34-24/h5-10,12-18H,3-4,11H2,1-2H3/p+1/b24-17-. The van der Waals surface area contributed by atoms with Crippen molar-refractivity contribution in [1.29, 1.82) is 0 Å². The normalized spacial score (nSPS) is 20.6. The summed E-state index contributed by atoms with van der Waals surface area (Å²) >= 11 is 1.65. The lowest BCUT2D eigenvalue weighted by Gasteiger charge is -2.24. The first-order valence-corrected chi connectivity index (χ1v) is 12.5. The van der Waals surface area contributed by atoms with Gasteiger partial charge in [0.05, 0.1) is 11.0 Å². The summed E-state index contributed by atoms with van der Waals surface area (Å²) in [6.45, 7) is 2.19. The molecule has 0 fully saturated rings. The van der Waals surface area contributed by atoms with Gasteiger partial charge in [0, 0.05) is 18.6 Å². The van der Waals surface area contributed by atoms with E-state index in [1.54, 1.807) is 17.4 Å². The van der Waals surface area contributed by atoms with E-state index in [0.717, 1.165) is 64.3 Å². The van der Waals surface area contributed by atoms with Crippen LogP contribution >= 0.6 is 11.3 Å². The van der Waals surface area contributed by atoms with Gasteiger partial charge in [0.15, 0.2) is 17.2 Å². The molecule has 1 unspecified atom stereocenters. The van der Waals surface area contributed by atoms with Gasteiger partial charge >= 0.3 is 5.97 Å². The molecule has 2 aliphatic heterocycles. The number of ether oxygens (including phenoxy) is 1. The first-order valence-electron chi connectivity index (χ1n) is 11.6. The fourth-order valence-corrected chi connectivity index (χ4v) is 4.90. The van der Waals surface area contributed by atoms with Crippen molar-refractivity contribution in [3.05, 3.63) is 94.1 Å². The van der Waals surface area contributed by atoms with Crippen LogP contribution in [0.2, 0.25) is 0 Å². The lowest BCUT2D eigenvalue weighted by atomic mass is 9.98. The number of nitrogens with zero attached hydrogens (tertiary/aromatic N) is 3. The monoisotopic (exact) mass is 484 g/mol. The van der Waals surface area contributed by atoms with E-state index in [0.29, 0.717) is 4.59 Å². The zero-order valence-electron chi connectivity index (χ0n) is 19.6. The third-order valence-electron chi connectivity index (χ3n) is 6.17. The fraction of sp³-hybridized carbons (Fsp3) is 0.179. The lowest BCUT2D eigenvalue weighted by Crippen LogP contribution is -2.43. The van der Waals surface area contributed by atoms with Crippen molar-refractivity contribution in [2.24, 2.45) is 10.1 Å². The minimum Gasteiger partial charge on any atom is -0.504 e. The van der Waals surface area contributed by atoms with E-state index in [4.69, 9.17) is 14.8 Å². The van der Waals surface area contributed by atoms with Crippen molar-refractivity contribution in [2.75, 3.05) is 7.05 Å². The molecular formula is C28H26N3O3S+. The number of amidine groups is 2. The second-order valence-electron chi connectivity index (χ2n) is 8.58. The molecule has 5 rings (SSSR count). The predicted octanol–water partition coefficient (Wildman–Crippen LogP) is 6.66. The van der Waals surface area contributed by atoms with Gasteiger partial charge in [-0.15, -0.1) is 15.9 Å². The number of aliphatic hydroxyl groups excluding tert-OH is 1. The van der Waals surface area contributed by atoms with Crippen LogP contribution in [0, 0.1) is 0 Å². The van der Waals surface area contributed by atoms with E-state index in [-0.39, 0.29) is 11.5 Å². The number of cyclic esters (lactones) is 1. The average Bonchev–Trinajstić information content (AvgIpc) is 3.58. The Morgan fingerprint density at radius 2 is 1.89 bits per heavy atom. The molecule has 6 nitrogen and oxygen atoms in total. The first kappa shape index (κ1) is 23.0. The van der Waals surface area contributed by atoms with E-state index in [1.165, 1.54) is 0 Å². The summed E-state index contributed by atoms with van der Waals surface area (Å²) in [6.07, 6.45) is 5.80. The molecule has 0 bridgehead atoms. The number of thiophene rings is 1. The minimum atomic E-state index is -0.568. The van der Waals surface area contributed by atoms with Gasteiger partial charge in [-0.1, -0.05) is 43.7 Å². The summed E-state index contributed by atoms with van der Waals surface area (Å²) in [4.78, 5) is 17.5. The van der Waals surface area contributed by atoms with E-state index >= 15 is 0 Å². The van der Waals surface area contributed by atoms with Crippen LogP contribution in [0.1, 0.15) is 36.6 Å². The smallest absolute Gasteiger partial charge is 0.340 e. The molecule has 2 aliphatic rings. The van der Waals surface area contributed by atoms with Crippen LogP contribution in [0.15, 0.2) is 93.7 Å². The maximum Gasteiger partial charge on any atom is 0.340 e. The van der Waals surface area contributed by atoms with Crippen molar-refractivity contribution in [1.82, 2.24) is 4.59 Å². The first-order chi connectivity index (χ1) is 17.0. The Hall–Kier alpha value is -3.81. The molecule has 35 heavy (non-hydrogen) atoms. The summed E-state index contributed by atoms with van der Waals surface area (Å²) in [5.41, 5.74) is 3.86. The summed E-state index contributed by atoms with van der Waals surface area (Å²) in [5.74, 6) is 1.25. The quantitative estimate of drug-likeness (QED) is 0.301. The molecular weight excluding hydrogens is 458 g/mol. The number of carbonyl (C=O) groups is 1. The van der Waals surface area contributed by atoms with Crippen molar-refractivity contribution >= 4 is 40.7 Å². The van der Waals surface area contributed by atoms with Crippen molar-refractivity contribution in [3.8, 4) is 11.1 Å². The van der Waals surface area contributed by atoms with Crippen LogP contribution in [-0.4, -0.2) is 29.8 Å². The summed E-state index contributed by atoms with van der Waals surface area (Å²) in [6, 6.07) is 20.2. The summed E-state index contributed by atoms with van der Waals surface area (Å²) in [5, 5.41) is 17.1. The Bertz CT molecular complexity index is 1390. The number of carbonyl (C=O) groups excluding carboxylic acids is 1. The number of aliphatic hydroxyl groups is 1. The molecule has 0 aliphatic carbocycles. The van der Waals surface area contributed by atoms with E-state index in [2.05, 4.69) is 44.3 Å². The minimum absolute atomic E-state index is 0.154. The highest BCUT2D eigenvalue weighted by Gasteiger charge is 2.39. The predicted molar refractivity (Wildman–Crippen MR) is 142 cm³/mol. The van der Waals surface area contributed by atoms with Crippen molar-refractivity contribution in [3.63, 3.8) is 0 Å². The molecule has 0 saturated carbocycles. The number of quaternary nitrogens is 1. The Morgan fingerprint density at radius 3 is 2.57 bits per heavy atom. The highest BCUT2D eigenvalue weighted by Crippen LogP contribution is 2.34. The number of hydrogen-bond acceptors (Lipinski definition) is 6. The van der Waals surface area contributed by atoms with E-state index < -0.39 is 5.97 Å². The van der Waals surface area contributed by atoms with Gasteiger partial charge in [-0.3, -0.25) is 0 Å². The van der Waals surface area contributed by atoms with Crippen LogP contribution < -0.4 is 4.59 Å². The van der Waals surface area contributed by atoms with Gasteiger partial charge < -0.3 is 9.84 Å². The van der Waals surface area contributed by atoms with Gasteiger partial charge in [0.2, 0.25) is 11.7 Å². The Labute approximate surface area is 208 Å². The maximum atomic E-state index is 11.5. The lowest BCUT2D eigenvalue weighted by molar-refractivity contribution is -0.132. The van der Waals surface area contributed by atoms with Crippen molar-refractivity contribution in [2.45, 2.75) is 26.2 Å². The zero-order chi connectivity index (χ0) is 24.4. The van der Waals surface area contributed by atoms with Gasteiger partial charge in [0.1, 0.15) is 7.05 Å². The Kier molecular flexibility index (Phi) is 6.19. The largest absolute Gasteiger partial charge is 0.504 e. The van der Waals surface area contributed by atoms with E-state index in [1.807, 2.05) is 35.7 Å². The third kappa shape index (κ3) is 4.48. The van der Waals surface area contributed by atoms with Crippen molar-refractivity contribution < 1.29 is 14.6 Å². The topological polar surface area (TPSA) is 71.2 Å². The van der Waals surface area contributed by atoms with Gasteiger partial charge in [0.25, 0.3) is 0 Å². The molecule has 0 radical (unpaired) electrons. The SMILES string of the molecule is CCCCC1=NC(c2cccs2)=N[N+]1(C)c1ccc(-c2ccccc2/C=C2\OC(=O)C=C2O)cc1. The number of esters is 1. The number of aliphatic imine (C=N–C) groups is 1. The number of unbranched alkanes of at least 4 members (excludes halogenated alkanes) is 1. The second-order valence-corrected chi connectivity index (χ2v) is 9.53. The fourth-order valence-electron chi connectivity index (χ4n) is 4.25. The molecule has 0 spiro atoms. The molecule has 7 heteroatoms. The highest BCUT2D eigenvalue weighted by atomic mass is 32.1. The maximum absolute atomic E-state index is 11.5. The van der Waals surface area contributed by atoms with Crippen LogP contribution in [0.5, 0.6) is 0 Å². The van der Waals surface area contributed by atoms with Crippen LogP contribution in [-0.2, 0) is 9.53 Å². The third-order valence-corrected chi connectivity index (χ3v) is 7.04. The molecule has 176 valence electrons. The molecule has 1 aromatic heterocycles. The Balaban J connectivity index is 1.49. The highest BCUT2D eigenvalue weighted by molar-refractivity contribution is 7.12. The molecule has 3 aromatic rings. The van der Waals surface area contributed by atoms with Gasteiger partial charge in [-0.2, -0.15) is 4.99 Å². The molecule has 0 amide bonds. The van der Waals surface area contributed by atoms with Crippen LogP contribution in [0.3, 0.4) is 0 Å².